The molecule has 1 aromatic heterocycles. The molecule has 1 spiro atoms. The summed E-state index contributed by atoms with van der Waals surface area (Å²) in [4.78, 5) is 14.9. The number of ether oxygens (including phenoxy) is 2. The van der Waals surface area contributed by atoms with Crippen molar-refractivity contribution in [2.24, 2.45) is 11.8 Å². The van der Waals surface area contributed by atoms with Crippen LogP contribution in [0.1, 0.15) is 67.3 Å². The van der Waals surface area contributed by atoms with E-state index in [0.29, 0.717) is 38.6 Å². The molecule has 0 radical (unpaired) electrons. The molecule has 4 aliphatic heterocycles. The van der Waals surface area contributed by atoms with Gasteiger partial charge in [0.1, 0.15) is 18.6 Å². The summed E-state index contributed by atoms with van der Waals surface area (Å²) in [6, 6.07) is 6.62. The Morgan fingerprint density at radius 1 is 1.11 bits per heavy atom. The highest BCUT2D eigenvalue weighted by molar-refractivity contribution is 6.31. The van der Waals surface area contributed by atoms with Gasteiger partial charge in [-0.15, -0.1) is 0 Å². The SMILES string of the molecule is F[C@H]1CN2CCC[C@@]2(COc2nc3c(c(N4C[C@@H]5CC[C@@H](C5)C4)n2)COC2(CCc4c(Cl)cccc42)C3)C1. The first-order valence-electron chi connectivity index (χ1n) is 14.6. The molecule has 2 aliphatic carbocycles. The molecule has 1 aromatic carbocycles. The summed E-state index contributed by atoms with van der Waals surface area (Å²) in [6.07, 6.45) is 8.37. The Labute approximate surface area is 228 Å². The van der Waals surface area contributed by atoms with Crippen LogP contribution in [0.4, 0.5) is 10.2 Å². The normalized spacial score (nSPS) is 35.5. The van der Waals surface area contributed by atoms with Crippen LogP contribution < -0.4 is 9.64 Å². The Balaban J connectivity index is 1.15. The van der Waals surface area contributed by atoms with Crippen LogP contribution in [0, 0.1) is 11.8 Å². The lowest BCUT2D eigenvalue weighted by molar-refractivity contribution is -0.0730. The van der Waals surface area contributed by atoms with E-state index in [9.17, 15) is 4.39 Å². The quantitative estimate of drug-likeness (QED) is 0.531. The zero-order valence-corrected chi connectivity index (χ0v) is 22.7. The fourth-order valence-electron chi connectivity index (χ4n) is 8.71. The average molecular weight is 539 g/mol. The number of aromatic nitrogens is 2. The van der Waals surface area contributed by atoms with Gasteiger partial charge >= 0.3 is 6.01 Å². The maximum absolute atomic E-state index is 14.4. The molecule has 2 bridgehead atoms. The van der Waals surface area contributed by atoms with Gasteiger partial charge in [-0.2, -0.15) is 9.97 Å². The minimum Gasteiger partial charge on any atom is -0.461 e. The number of nitrogens with zero attached hydrogens (tertiary/aromatic N) is 4. The number of hydrogen-bond donors (Lipinski definition) is 0. The summed E-state index contributed by atoms with van der Waals surface area (Å²) >= 11 is 6.58. The van der Waals surface area contributed by atoms with Crippen molar-refractivity contribution in [2.45, 2.75) is 81.7 Å². The Bertz CT molecular complexity index is 1270. The van der Waals surface area contributed by atoms with Crippen molar-refractivity contribution in [3.63, 3.8) is 0 Å². The largest absolute Gasteiger partial charge is 0.461 e. The summed E-state index contributed by atoms with van der Waals surface area (Å²) in [5.74, 6) is 2.49. The Morgan fingerprint density at radius 3 is 2.84 bits per heavy atom. The lowest BCUT2D eigenvalue weighted by Crippen LogP contribution is -2.44. The molecule has 1 saturated carbocycles. The van der Waals surface area contributed by atoms with E-state index in [1.807, 2.05) is 12.1 Å². The number of halogens is 2. The molecule has 6 nitrogen and oxygen atoms in total. The van der Waals surface area contributed by atoms with Crippen LogP contribution in [0.15, 0.2) is 18.2 Å². The first-order valence-corrected chi connectivity index (χ1v) is 15.0. The fourth-order valence-corrected chi connectivity index (χ4v) is 8.98. The van der Waals surface area contributed by atoms with Crippen LogP contribution in [0.25, 0.3) is 0 Å². The third-order valence-electron chi connectivity index (χ3n) is 10.5. The molecule has 4 fully saturated rings. The minimum absolute atomic E-state index is 0.214. The predicted octanol–water partition coefficient (Wildman–Crippen LogP) is 5.24. The highest BCUT2D eigenvalue weighted by atomic mass is 35.5. The van der Waals surface area contributed by atoms with Crippen molar-refractivity contribution in [2.75, 3.05) is 37.7 Å². The van der Waals surface area contributed by atoms with Gasteiger partial charge in [-0.05, 0) is 80.5 Å². The van der Waals surface area contributed by atoms with E-state index in [4.69, 9.17) is 31.0 Å². The summed E-state index contributed by atoms with van der Waals surface area (Å²) in [5.41, 5.74) is 3.95. The summed E-state index contributed by atoms with van der Waals surface area (Å²) in [7, 11) is 0. The van der Waals surface area contributed by atoms with Crippen LogP contribution in [0.3, 0.4) is 0 Å². The van der Waals surface area contributed by atoms with Crippen LogP contribution in [0.2, 0.25) is 5.02 Å². The number of anilines is 1. The molecule has 0 N–H and O–H groups in total. The van der Waals surface area contributed by atoms with Gasteiger partial charge < -0.3 is 14.4 Å². The van der Waals surface area contributed by atoms with Gasteiger partial charge in [0.2, 0.25) is 0 Å². The highest BCUT2D eigenvalue weighted by Crippen LogP contribution is 2.49. The van der Waals surface area contributed by atoms with Crippen LogP contribution in [0.5, 0.6) is 6.01 Å². The van der Waals surface area contributed by atoms with E-state index in [-0.39, 0.29) is 5.54 Å². The van der Waals surface area contributed by atoms with Crippen molar-refractivity contribution in [1.82, 2.24) is 14.9 Å². The molecule has 8 rings (SSSR count). The minimum atomic E-state index is -0.769. The maximum atomic E-state index is 14.4. The van der Waals surface area contributed by atoms with E-state index < -0.39 is 11.8 Å². The molecular weight excluding hydrogens is 503 g/mol. The van der Waals surface area contributed by atoms with Crippen molar-refractivity contribution in [3.05, 3.63) is 45.6 Å². The van der Waals surface area contributed by atoms with Gasteiger partial charge in [0.05, 0.1) is 23.4 Å². The molecule has 6 aliphatic rings. The fraction of sp³-hybridized carbons (Fsp3) is 0.667. The number of alkyl halides is 1. The summed E-state index contributed by atoms with van der Waals surface area (Å²) < 4.78 is 27.5. The predicted molar refractivity (Wildman–Crippen MR) is 144 cm³/mol. The van der Waals surface area contributed by atoms with Crippen LogP contribution in [-0.2, 0) is 29.8 Å². The first kappa shape index (κ1) is 23.9. The molecule has 3 saturated heterocycles. The Morgan fingerprint density at radius 2 is 1.97 bits per heavy atom. The lowest BCUT2D eigenvalue weighted by Gasteiger charge is -2.39. The molecule has 5 heterocycles. The number of piperidine rings is 1. The second-order valence-corrected chi connectivity index (χ2v) is 13.2. The Kier molecular flexibility index (Phi) is 5.51. The molecule has 8 heteroatoms. The van der Waals surface area contributed by atoms with Gasteiger partial charge in [-0.3, -0.25) is 4.90 Å². The Hall–Kier alpha value is -1.96. The van der Waals surface area contributed by atoms with Gasteiger partial charge in [0, 0.05) is 43.1 Å². The molecule has 0 amide bonds. The molecule has 38 heavy (non-hydrogen) atoms. The topological polar surface area (TPSA) is 50.7 Å². The average Bonchev–Trinajstić information content (AvgIpc) is 3.64. The zero-order chi connectivity index (χ0) is 25.5. The van der Waals surface area contributed by atoms with Crippen LogP contribution in [-0.4, -0.2) is 59.4 Å². The number of fused-ring (bicyclic) bond motifs is 6. The molecule has 1 unspecified atom stereocenters. The van der Waals surface area contributed by atoms with Crippen molar-refractivity contribution < 1.29 is 13.9 Å². The molecular formula is C30H36ClFN4O2. The van der Waals surface area contributed by atoms with Gasteiger partial charge in [-0.1, -0.05) is 23.7 Å². The van der Waals surface area contributed by atoms with Gasteiger partial charge in [0.15, 0.2) is 0 Å². The first-order chi connectivity index (χ1) is 18.5. The standard InChI is InChI=1S/C30H36ClFN4O2/c31-25-4-1-3-24-22(25)7-9-30(24)13-26-23(17-38-30)27(35-14-19-5-6-20(11-19)15-35)34-28(33-26)37-18-29-8-2-10-36(29)16-21(32)12-29/h1,3-4,19-21H,2,5-18H2/t19-,20+,21-,29+,30?/m1/s1. The van der Waals surface area contributed by atoms with E-state index in [1.54, 1.807) is 0 Å². The number of benzene rings is 1. The number of hydrogen-bond acceptors (Lipinski definition) is 6. The number of rotatable bonds is 4. The lowest BCUT2D eigenvalue weighted by atomic mass is 9.86. The summed E-state index contributed by atoms with van der Waals surface area (Å²) in [5, 5.41) is 0.827. The van der Waals surface area contributed by atoms with E-state index in [0.717, 1.165) is 79.3 Å². The third kappa shape index (κ3) is 3.71. The van der Waals surface area contributed by atoms with E-state index in [1.165, 1.54) is 30.4 Å². The summed E-state index contributed by atoms with van der Waals surface area (Å²) in [6.45, 7) is 4.53. The second kappa shape index (κ2) is 8.77. The molecule has 202 valence electrons. The highest BCUT2D eigenvalue weighted by Gasteiger charge is 2.50. The van der Waals surface area contributed by atoms with Crippen molar-refractivity contribution >= 4 is 17.4 Å². The second-order valence-electron chi connectivity index (χ2n) is 12.8. The molecule has 5 atom stereocenters. The van der Waals surface area contributed by atoms with Gasteiger partial charge in [-0.25, -0.2) is 4.39 Å². The monoisotopic (exact) mass is 538 g/mol. The van der Waals surface area contributed by atoms with Crippen molar-refractivity contribution in [1.29, 1.82) is 0 Å². The van der Waals surface area contributed by atoms with E-state index in [2.05, 4.69) is 15.9 Å². The zero-order valence-electron chi connectivity index (χ0n) is 21.9. The third-order valence-corrected chi connectivity index (χ3v) is 10.9. The van der Waals surface area contributed by atoms with E-state index >= 15 is 0 Å². The van der Waals surface area contributed by atoms with Gasteiger partial charge in [0.25, 0.3) is 0 Å². The van der Waals surface area contributed by atoms with Crippen molar-refractivity contribution in [3.8, 4) is 6.01 Å². The smallest absolute Gasteiger partial charge is 0.318 e. The maximum Gasteiger partial charge on any atom is 0.318 e. The molecule has 2 aromatic rings. The van der Waals surface area contributed by atoms with Crippen LogP contribution >= 0.6 is 11.6 Å².